The number of fused-ring (bicyclic) bond motifs is 1. The Labute approximate surface area is 123 Å². The minimum absolute atomic E-state index is 0.0182. The van der Waals surface area contributed by atoms with E-state index in [1.807, 2.05) is 43.4 Å². The second kappa shape index (κ2) is 5.27. The number of benzene rings is 2. The minimum Gasteiger partial charge on any atom is -0.326 e. The van der Waals surface area contributed by atoms with Crippen molar-refractivity contribution < 1.29 is 4.79 Å². The van der Waals surface area contributed by atoms with E-state index in [9.17, 15) is 4.79 Å². The normalized spacial score (nSPS) is 14.8. The molecule has 0 aliphatic carbocycles. The van der Waals surface area contributed by atoms with Crippen molar-refractivity contribution in [2.24, 2.45) is 0 Å². The fourth-order valence-corrected chi connectivity index (χ4v) is 2.88. The summed E-state index contributed by atoms with van der Waals surface area (Å²) in [7, 11) is 1.91. The molecule has 0 saturated heterocycles. The number of carbonyl (C=O) groups excluding carboxylic acids is 1. The van der Waals surface area contributed by atoms with Crippen LogP contribution in [0.1, 0.15) is 22.7 Å². The summed E-state index contributed by atoms with van der Waals surface area (Å²) in [4.78, 5) is 11.4. The van der Waals surface area contributed by atoms with Gasteiger partial charge in [0.1, 0.15) is 0 Å². The molecule has 0 bridgehead atoms. The number of halogens is 1. The lowest BCUT2D eigenvalue weighted by Crippen LogP contribution is -2.18. The van der Waals surface area contributed by atoms with Crippen molar-refractivity contribution in [1.29, 1.82) is 0 Å². The van der Waals surface area contributed by atoms with Gasteiger partial charge in [-0.05, 0) is 35.9 Å². The molecule has 1 amide bonds. The van der Waals surface area contributed by atoms with E-state index in [4.69, 9.17) is 11.6 Å². The quantitative estimate of drug-likeness (QED) is 0.910. The molecule has 0 aromatic heterocycles. The minimum atomic E-state index is 0.0182. The summed E-state index contributed by atoms with van der Waals surface area (Å²) in [6.45, 7) is 0. The standard InChI is InChI=1S/C16H15ClN2O/c1-18-16(12-4-2-3-5-13(12)17)10-6-7-14-11(8-10)9-15(20)19-14/h2-8,16,18H,9H2,1H3,(H,19,20). The highest BCUT2D eigenvalue weighted by Gasteiger charge is 2.21. The fourth-order valence-electron chi connectivity index (χ4n) is 2.64. The summed E-state index contributed by atoms with van der Waals surface area (Å²) in [5, 5.41) is 6.87. The van der Waals surface area contributed by atoms with Gasteiger partial charge in [-0.25, -0.2) is 0 Å². The molecule has 0 spiro atoms. The molecule has 2 aromatic carbocycles. The van der Waals surface area contributed by atoms with Crippen molar-refractivity contribution >= 4 is 23.2 Å². The second-order valence-electron chi connectivity index (χ2n) is 4.88. The Balaban J connectivity index is 2.01. The lowest BCUT2D eigenvalue weighted by atomic mass is 9.96. The largest absolute Gasteiger partial charge is 0.326 e. The topological polar surface area (TPSA) is 41.1 Å². The van der Waals surface area contributed by atoms with Gasteiger partial charge in [0.15, 0.2) is 0 Å². The molecule has 102 valence electrons. The average Bonchev–Trinajstić information content (AvgIpc) is 2.81. The van der Waals surface area contributed by atoms with Crippen LogP contribution in [-0.4, -0.2) is 13.0 Å². The lowest BCUT2D eigenvalue weighted by Gasteiger charge is -2.19. The van der Waals surface area contributed by atoms with Gasteiger partial charge in [-0.2, -0.15) is 0 Å². The summed E-state index contributed by atoms with van der Waals surface area (Å²) in [5.41, 5.74) is 4.09. The third kappa shape index (κ3) is 2.30. The molecule has 4 heteroatoms. The molecule has 20 heavy (non-hydrogen) atoms. The fraction of sp³-hybridized carbons (Fsp3) is 0.188. The van der Waals surface area contributed by atoms with Gasteiger partial charge in [-0.3, -0.25) is 4.79 Å². The molecule has 0 radical (unpaired) electrons. The van der Waals surface area contributed by atoms with Crippen LogP contribution in [0.4, 0.5) is 5.69 Å². The Morgan fingerprint density at radius 3 is 2.80 bits per heavy atom. The maximum atomic E-state index is 11.4. The molecule has 3 nitrogen and oxygen atoms in total. The summed E-state index contributed by atoms with van der Waals surface area (Å²) in [6, 6.07) is 13.9. The molecule has 1 aliphatic rings. The van der Waals surface area contributed by atoms with E-state index >= 15 is 0 Å². The van der Waals surface area contributed by atoms with E-state index in [0.29, 0.717) is 6.42 Å². The van der Waals surface area contributed by atoms with Gasteiger partial charge in [0.05, 0.1) is 12.5 Å². The molecule has 1 atom stereocenters. The van der Waals surface area contributed by atoms with Gasteiger partial charge in [-0.1, -0.05) is 41.9 Å². The maximum Gasteiger partial charge on any atom is 0.228 e. The lowest BCUT2D eigenvalue weighted by molar-refractivity contribution is -0.115. The molecule has 0 saturated carbocycles. The number of hydrogen-bond acceptors (Lipinski definition) is 2. The first-order chi connectivity index (χ1) is 9.69. The van der Waals surface area contributed by atoms with Crippen molar-refractivity contribution in [3.8, 4) is 0 Å². The van der Waals surface area contributed by atoms with E-state index in [0.717, 1.165) is 27.4 Å². The van der Waals surface area contributed by atoms with Crippen molar-refractivity contribution in [2.45, 2.75) is 12.5 Å². The summed E-state index contributed by atoms with van der Waals surface area (Å²) in [5.74, 6) is 0.0518. The van der Waals surface area contributed by atoms with E-state index in [-0.39, 0.29) is 11.9 Å². The first-order valence-electron chi connectivity index (χ1n) is 6.53. The molecular weight excluding hydrogens is 272 g/mol. The van der Waals surface area contributed by atoms with Crippen molar-refractivity contribution in [1.82, 2.24) is 5.32 Å². The van der Waals surface area contributed by atoms with Crippen LogP contribution in [0.3, 0.4) is 0 Å². The van der Waals surface area contributed by atoms with E-state index in [1.54, 1.807) is 0 Å². The number of nitrogens with one attached hydrogen (secondary N) is 2. The number of carbonyl (C=O) groups is 1. The van der Waals surface area contributed by atoms with Crippen LogP contribution >= 0.6 is 11.6 Å². The van der Waals surface area contributed by atoms with E-state index < -0.39 is 0 Å². The SMILES string of the molecule is CNC(c1ccc2c(c1)CC(=O)N2)c1ccccc1Cl. The number of anilines is 1. The molecule has 2 aromatic rings. The Bertz CT molecular complexity index is 669. The zero-order valence-electron chi connectivity index (χ0n) is 11.1. The van der Waals surface area contributed by atoms with Gasteiger partial charge < -0.3 is 10.6 Å². The van der Waals surface area contributed by atoms with E-state index in [2.05, 4.69) is 16.7 Å². The average molecular weight is 287 g/mol. The van der Waals surface area contributed by atoms with Crippen LogP contribution in [0.5, 0.6) is 0 Å². The summed E-state index contributed by atoms with van der Waals surface area (Å²) >= 11 is 6.28. The van der Waals surface area contributed by atoms with Crippen molar-refractivity contribution in [3.05, 3.63) is 64.2 Å². The van der Waals surface area contributed by atoms with Gasteiger partial charge in [0, 0.05) is 10.7 Å². The molecule has 1 aliphatic heterocycles. The summed E-state index contributed by atoms with van der Waals surface area (Å²) < 4.78 is 0. The van der Waals surface area contributed by atoms with Crippen LogP contribution in [0.25, 0.3) is 0 Å². The highest BCUT2D eigenvalue weighted by atomic mass is 35.5. The van der Waals surface area contributed by atoms with Gasteiger partial charge in [-0.15, -0.1) is 0 Å². The first kappa shape index (κ1) is 13.2. The predicted molar refractivity (Wildman–Crippen MR) is 81.1 cm³/mol. The smallest absolute Gasteiger partial charge is 0.228 e. The molecule has 1 heterocycles. The molecule has 3 rings (SSSR count). The van der Waals surface area contributed by atoms with Crippen molar-refractivity contribution in [3.63, 3.8) is 0 Å². The molecule has 0 fully saturated rings. The van der Waals surface area contributed by atoms with Gasteiger partial charge in [0.2, 0.25) is 5.91 Å². The Morgan fingerprint density at radius 1 is 1.25 bits per heavy atom. The Kier molecular flexibility index (Phi) is 3.47. The van der Waals surface area contributed by atoms with Crippen LogP contribution in [-0.2, 0) is 11.2 Å². The van der Waals surface area contributed by atoms with Crippen LogP contribution < -0.4 is 10.6 Å². The monoisotopic (exact) mass is 286 g/mol. The van der Waals surface area contributed by atoms with Crippen LogP contribution in [0.15, 0.2) is 42.5 Å². The molecule has 1 unspecified atom stereocenters. The van der Waals surface area contributed by atoms with Crippen molar-refractivity contribution in [2.75, 3.05) is 12.4 Å². The number of amides is 1. The van der Waals surface area contributed by atoms with Crippen LogP contribution in [0.2, 0.25) is 5.02 Å². The molecule has 2 N–H and O–H groups in total. The van der Waals surface area contributed by atoms with Gasteiger partial charge in [0.25, 0.3) is 0 Å². The number of hydrogen-bond donors (Lipinski definition) is 2. The Morgan fingerprint density at radius 2 is 2.05 bits per heavy atom. The number of rotatable bonds is 3. The highest BCUT2D eigenvalue weighted by Crippen LogP contribution is 2.31. The Hall–Kier alpha value is -1.84. The van der Waals surface area contributed by atoms with Gasteiger partial charge >= 0.3 is 0 Å². The van der Waals surface area contributed by atoms with Crippen LogP contribution in [0, 0.1) is 0 Å². The van der Waals surface area contributed by atoms with E-state index in [1.165, 1.54) is 0 Å². The predicted octanol–water partition coefficient (Wildman–Crippen LogP) is 3.14. The highest BCUT2D eigenvalue weighted by molar-refractivity contribution is 6.31. The summed E-state index contributed by atoms with van der Waals surface area (Å²) in [6.07, 6.45) is 0.447. The molecular formula is C16H15ClN2O. The zero-order chi connectivity index (χ0) is 14.1. The zero-order valence-corrected chi connectivity index (χ0v) is 11.9. The second-order valence-corrected chi connectivity index (χ2v) is 5.29. The first-order valence-corrected chi connectivity index (χ1v) is 6.91. The third-order valence-corrected chi connectivity index (χ3v) is 3.94. The maximum absolute atomic E-state index is 11.4. The third-order valence-electron chi connectivity index (χ3n) is 3.59.